The number of fused-ring (bicyclic) bond motifs is 1. The highest BCUT2D eigenvalue weighted by atomic mass is 15.3. The average Bonchev–Trinajstić information content (AvgIpc) is 3.66. The lowest BCUT2D eigenvalue weighted by Gasteiger charge is -2.14. The minimum Gasteiger partial charge on any atom is -0.368 e. The van der Waals surface area contributed by atoms with E-state index in [1.807, 2.05) is 29.0 Å². The number of pyridine rings is 2. The maximum atomic E-state index is 5.17. The smallest absolute Gasteiger partial charge is 0.223 e. The van der Waals surface area contributed by atoms with Crippen molar-refractivity contribution >= 4 is 23.1 Å². The molecule has 0 unspecified atom stereocenters. The first-order valence-electron chi connectivity index (χ1n) is 13.8. The summed E-state index contributed by atoms with van der Waals surface area (Å²) >= 11 is 0. The van der Waals surface area contributed by atoms with Crippen LogP contribution in [0.4, 0.5) is 17.6 Å². The van der Waals surface area contributed by atoms with Gasteiger partial charge in [-0.3, -0.25) is 0 Å². The molecule has 2 aliphatic rings. The van der Waals surface area contributed by atoms with Crippen molar-refractivity contribution in [3.8, 4) is 22.5 Å². The molecule has 192 valence electrons. The van der Waals surface area contributed by atoms with Crippen LogP contribution in [0.5, 0.6) is 0 Å². The first-order valence-corrected chi connectivity index (χ1v) is 13.8. The molecule has 0 bridgehead atoms. The van der Waals surface area contributed by atoms with E-state index < -0.39 is 0 Å². The monoisotopic (exact) mass is 496 g/mol. The maximum absolute atomic E-state index is 5.17. The number of hydrogen-bond acceptors (Lipinski definition) is 7. The summed E-state index contributed by atoms with van der Waals surface area (Å²) in [6.07, 6.45) is 13.5. The van der Waals surface area contributed by atoms with Gasteiger partial charge >= 0.3 is 0 Å². The second-order valence-corrected chi connectivity index (χ2v) is 10.7. The van der Waals surface area contributed by atoms with Crippen LogP contribution in [-0.2, 0) is 0 Å². The van der Waals surface area contributed by atoms with Crippen molar-refractivity contribution in [3.63, 3.8) is 0 Å². The van der Waals surface area contributed by atoms with Crippen LogP contribution in [0.1, 0.15) is 65.2 Å². The normalized spacial score (nSPS) is 16.6. The standard InChI is InChI=1S/C29H36N8/c1-19(2)32-25-18-20(14-16-30-25)28-27(23-15-17-31-29(35-23)34-22-10-5-6-11-22)24-12-7-13-26(37(24)36-28)33-21-8-3-4-9-21/h7,12-19,21-22,33H,3-6,8-11H2,1-2H3,(H,30,32)(H,31,34,35). The summed E-state index contributed by atoms with van der Waals surface area (Å²) in [5.74, 6) is 2.54. The van der Waals surface area contributed by atoms with Crippen LogP contribution in [0.2, 0.25) is 0 Å². The Kier molecular flexibility index (Phi) is 6.64. The van der Waals surface area contributed by atoms with Gasteiger partial charge in [0.1, 0.15) is 17.3 Å². The third kappa shape index (κ3) is 5.10. The molecule has 37 heavy (non-hydrogen) atoms. The van der Waals surface area contributed by atoms with Gasteiger partial charge in [0.25, 0.3) is 0 Å². The number of anilines is 3. The summed E-state index contributed by atoms with van der Waals surface area (Å²) < 4.78 is 2.05. The molecule has 0 saturated heterocycles. The van der Waals surface area contributed by atoms with Gasteiger partial charge in [0.2, 0.25) is 5.95 Å². The zero-order valence-electron chi connectivity index (χ0n) is 21.7. The predicted octanol–water partition coefficient (Wildman–Crippen LogP) is 6.38. The minimum atomic E-state index is 0.289. The average molecular weight is 497 g/mol. The van der Waals surface area contributed by atoms with Gasteiger partial charge in [-0.2, -0.15) is 5.10 Å². The second kappa shape index (κ2) is 10.4. The largest absolute Gasteiger partial charge is 0.368 e. The lowest BCUT2D eigenvalue weighted by Crippen LogP contribution is -2.17. The number of hydrogen-bond donors (Lipinski definition) is 3. The Morgan fingerprint density at radius 2 is 1.59 bits per heavy atom. The Morgan fingerprint density at radius 3 is 2.35 bits per heavy atom. The van der Waals surface area contributed by atoms with E-state index >= 15 is 0 Å². The van der Waals surface area contributed by atoms with Crippen LogP contribution < -0.4 is 16.0 Å². The molecular weight excluding hydrogens is 460 g/mol. The van der Waals surface area contributed by atoms with Gasteiger partial charge in [-0.1, -0.05) is 31.7 Å². The summed E-state index contributed by atoms with van der Waals surface area (Å²) in [7, 11) is 0. The van der Waals surface area contributed by atoms with E-state index in [0.29, 0.717) is 18.0 Å². The van der Waals surface area contributed by atoms with E-state index in [2.05, 4.69) is 64.0 Å². The SMILES string of the molecule is CC(C)Nc1cc(-c2nn3c(NC4CCCC4)cccc3c2-c2ccnc(NC3CCCC3)n2)ccn1. The molecule has 0 spiro atoms. The van der Waals surface area contributed by atoms with Crippen molar-refractivity contribution in [2.45, 2.75) is 83.3 Å². The third-order valence-corrected chi connectivity index (χ3v) is 7.43. The lowest BCUT2D eigenvalue weighted by molar-refractivity contribution is 0.742. The molecule has 0 aromatic carbocycles. The van der Waals surface area contributed by atoms with Crippen molar-refractivity contribution in [2.24, 2.45) is 0 Å². The molecule has 0 radical (unpaired) electrons. The van der Waals surface area contributed by atoms with Gasteiger partial charge in [-0.15, -0.1) is 0 Å². The van der Waals surface area contributed by atoms with Crippen LogP contribution in [0.15, 0.2) is 48.8 Å². The molecule has 2 saturated carbocycles. The molecule has 2 fully saturated rings. The van der Waals surface area contributed by atoms with Gasteiger partial charge in [-0.05, 0) is 69.9 Å². The van der Waals surface area contributed by atoms with Crippen molar-refractivity contribution in [1.82, 2.24) is 24.6 Å². The van der Waals surface area contributed by atoms with Crippen LogP contribution >= 0.6 is 0 Å². The second-order valence-electron chi connectivity index (χ2n) is 10.7. The molecule has 0 amide bonds. The van der Waals surface area contributed by atoms with E-state index in [1.54, 1.807) is 0 Å². The zero-order chi connectivity index (χ0) is 25.2. The Balaban J connectivity index is 1.47. The van der Waals surface area contributed by atoms with Crippen molar-refractivity contribution in [1.29, 1.82) is 0 Å². The Hall–Kier alpha value is -3.68. The third-order valence-electron chi connectivity index (χ3n) is 7.43. The summed E-state index contributed by atoms with van der Waals surface area (Å²) in [5, 5.41) is 15.9. The van der Waals surface area contributed by atoms with Gasteiger partial charge in [0.05, 0.1) is 16.8 Å². The number of nitrogens with one attached hydrogen (secondary N) is 3. The number of rotatable bonds is 8. The molecule has 6 rings (SSSR count). The first-order chi connectivity index (χ1) is 18.1. The minimum absolute atomic E-state index is 0.289. The fourth-order valence-electron chi connectivity index (χ4n) is 5.69. The van der Waals surface area contributed by atoms with E-state index in [1.165, 1.54) is 51.4 Å². The molecule has 0 aliphatic heterocycles. The predicted molar refractivity (Wildman–Crippen MR) is 150 cm³/mol. The number of nitrogens with zero attached hydrogens (tertiary/aromatic N) is 5. The molecule has 3 N–H and O–H groups in total. The summed E-state index contributed by atoms with van der Waals surface area (Å²) in [4.78, 5) is 14.1. The number of aromatic nitrogens is 5. The first kappa shape index (κ1) is 23.7. The van der Waals surface area contributed by atoms with E-state index in [-0.39, 0.29) is 6.04 Å². The molecule has 4 heterocycles. The van der Waals surface area contributed by atoms with Crippen LogP contribution in [0.25, 0.3) is 28.0 Å². The quantitative estimate of drug-likeness (QED) is 0.261. The fourth-order valence-corrected chi connectivity index (χ4v) is 5.69. The Morgan fingerprint density at radius 1 is 0.865 bits per heavy atom. The van der Waals surface area contributed by atoms with Crippen LogP contribution in [0, 0.1) is 0 Å². The molecule has 0 atom stereocenters. The van der Waals surface area contributed by atoms with E-state index in [9.17, 15) is 0 Å². The van der Waals surface area contributed by atoms with Crippen LogP contribution in [-0.4, -0.2) is 42.7 Å². The fraction of sp³-hybridized carbons (Fsp3) is 0.448. The van der Waals surface area contributed by atoms with Crippen molar-refractivity contribution in [3.05, 3.63) is 48.8 Å². The highest BCUT2D eigenvalue weighted by Crippen LogP contribution is 2.37. The van der Waals surface area contributed by atoms with Crippen LogP contribution in [0.3, 0.4) is 0 Å². The topological polar surface area (TPSA) is 92.1 Å². The molecule has 8 heteroatoms. The molecule has 2 aliphatic carbocycles. The van der Waals surface area contributed by atoms with Crippen molar-refractivity contribution in [2.75, 3.05) is 16.0 Å². The van der Waals surface area contributed by atoms with Crippen molar-refractivity contribution < 1.29 is 0 Å². The van der Waals surface area contributed by atoms with E-state index in [0.717, 1.165) is 39.7 Å². The van der Waals surface area contributed by atoms with E-state index in [4.69, 9.17) is 10.1 Å². The highest BCUT2D eigenvalue weighted by Gasteiger charge is 2.23. The van der Waals surface area contributed by atoms with Gasteiger partial charge in [0.15, 0.2) is 0 Å². The van der Waals surface area contributed by atoms with Gasteiger partial charge in [0, 0.05) is 36.1 Å². The maximum Gasteiger partial charge on any atom is 0.223 e. The van der Waals surface area contributed by atoms with Gasteiger partial charge in [-0.25, -0.2) is 19.5 Å². The summed E-state index contributed by atoms with van der Waals surface area (Å²) in [6.45, 7) is 4.23. The zero-order valence-corrected chi connectivity index (χ0v) is 21.7. The molecule has 8 nitrogen and oxygen atoms in total. The molecular formula is C29H36N8. The summed E-state index contributed by atoms with van der Waals surface area (Å²) in [6, 6.07) is 13.7. The van der Waals surface area contributed by atoms with Gasteiger partial charge < -0.3 is 16.0 Å². The Bertz CT molecular complexity index is 1370. The molecule has 4 aromatic rings. The lowest BCUT2D eigenvalue weighted by atomic mass is 10.0. The summed E-state index contributed by atoms with van der Waals surface area (Å²) in [5.41, 5.74) is 4.80. The molecule has 4 aromatic heterocycles. The Labute approximate surface area is 218 Å². The highest BCUT2D eigenvalue weighted by molar-refractivity contribution is 5.92.